The van der Waals surface area contributed by atoms with E-state index >= 15 is 0 Å². The van der Waals surface area contributed by atoms with Crippen LogP contribution < -0.4 is 11.4 Å². The summed E-state index contributed by atoms with van der Waals surface area (Å²) >= 11 is 0. The first-order valence-electron chi connectivity index (χ1n) is 7.03. The van der Waals surface area contributed by atoms with Gasteiger partial charge >= 0.3 is 5.69 Å². The van der Waals surface area contributed by atoms with Gasteiger partial charge in [-0.1, -0.05) is 6.07 Å². The molecule has 0 unspecified atom stereocenters. The second kappa shape index (κ2) is 4.99. The highest BCUT2D eigenvalue weighted by molar-refractivity contribution is 7.90. The molecular weight excluding hydrogens is 314 g/mol. The standard InChI is InChI=1S/C16H17N3O3S/c1-10-4-6-13(8-11(10)2)23(21,22)19-15-9-12(17)5-7-14(15)18(3)16(19)20/h4-9H,17H2,1-3H3. The SMILES string of the molecule is Cc1ccc(S(=O)(=O)n2c(=O)n(C)c3ccc(N)cc32)cc1C. The second-order valence-corrected chi connectivity index (χ2v) is 7.39. The van der Waals surface area contributed by atoms with E-state index in [0.29, 0.717) is 11.2 Å². The van der Waals surface area contributed by atoms with E-state index in [1.54, 1.807) is 24.3 Å². The van der Waals surface area contributed by atoms with Gasteiger partial charge in [0.1, 0.15) is 0 Å². The van der Waals surface area contributed by atoms with Crippen molar-refractivity contribution in [3.63, 3.8) is 0 Å². The Hall–Kier alpha value is -2.54. The lowest BCUT2D eigenvalue weighted by Gasteiger charge is -2.08. The van der Waals surface area contributed by atoms with Crippen LogP contribution in [0.15, 0.2) is 46.1 Å². The van der Waals surface area contributed by atoms with Crippen LogP contribution in [0.4, 0.5) is 5.69 Å². The Morgan fingerprint density at radius 1 is 0.957 bits per heavy atom. The van der Waals surface area contributed by atoms with Crippen LogP contribution in [0.2, 0.25) is 0 Å². The zero-order valence-electron chi connectivity index (χ0n) is 13.1. The predicted molar refractivity (Wildman–Crippen MR) is 90.1 cm³/mol. The van der Waals surface area contributed by atoms with E-state index in [0.717, 1.165) is 15.1 Å². The minimum atomic E-state index is -4.00. The normalized spacial score (nSPS) is 12.0. The van der Waals surface area contributed by atoms with Gasteiger partial charge in [-0.25, -0.2) is 13.2 Å². The Morgan fingerprint density at radius 3 is 2.30 bits per heavy atom. The minimum Gasteiger partial charge on any atom is -0.399 e. The van der Waals surface area contributed by atoms with Gasteiger partial charge in [0.25, 0.3) is 10.0 Å². The summed E-state index contributed by atoms with van der Waals surface area (Å²) in [7, 11) is -2.47. The first kappa shape index (κ1) is 15.4. The van der Waals surface area contributed by atoms with Crippen LogP contribution in [0.5, 0.6) is 0 Å². The average molecular weight is 331 g/mol. The summed E-state index contributed by atoms with van der Waals surface area (Å²) in [5.74, 6) is 0. The summed E-state index contributed by atoms with van der Waals surface area (Å²) in [6.45, 7) is 3.73. The topological polar surface area (TPSA) is 87.1 Å². The number of benzene rings is 2. The van der Waals surface area contributed by atoms with E-state index in [4.69, 9.17) is 5.73 Å². The van der Waals surface area contributed by atoms with Crippen LogP contribution in [-0.2, 0) is 17.1 Å². The third-order valence-electron chi connectivity index (χ3n) is 4.06. The lowest BCUT2D eigenvalue weighted by molar-refractivity contribution is 0.585. The van der Waals surface area contributed by atoms with Crippen molar-refractivity contribution >= 4 is 26.7 Å². The maximum atomic E-state index is 13.0. The third kappa shape index (κ3) is 2.24. The van der Waals surface area contributed by atoms with Crippen molar-refractivity contribution in [2.24, 2.45) is 7.05 Å². The Morgan fingerprint density at radius 2 is 1.65 bits per heavy atom. The number of aromatic nitrogens is 2. The Kier molecular flexibility index (Phi) is 3.33. The van der Waals surface area contributed by atoms with Crippen molar-refractivity contribution in [2.75, 3.05) is 5.73 Å². The third-order valence-corrected chi connectivity index (χ3v) is 5.74. The molecule has 6 nitrogen and oxygen atoms in total. The number of nitrogens with two attached hydrogens (primary N) is 1. The monoisotopic (exact) mass is 331 g/mol. The highest BCUT2D eigenvalue weighted by atomic mass is 32.2. The number of hydrogen-bond donors (Lipinski definition) is 1. The smallest absolute Gasteiger partial charge is 0.343 e. The van der Waals surface area contributed by atoms with Gasteiger partial charge in [0.15, 0.2) is 0 Å². The molecule has 1 aromatic heterocycles. The number of anilines is 1. The maximum Gasteiger partial charge on any atom is 0.343 e. The summed E-state index contributed by atoms with van der Waals surface area (Å²) in [6, 6.07) is 9.58. The molecule has 120 valence electrons. The number of nitrogens with zero attached hydrogens (tertiary/aromatic N) is 2. The van der Waals surface area contributed by atoms with Crippen molar-refractivity contribution in [1.29, 1.82) is 0 Å². The molecule has 0 spiro atoms. The lowest BCUT2D eigenvalue weighted by atomic mass is 10.1. The van der Waals surface area contributed by atoms with E-state index in [1.807, 2.05) is 13.8 Å². The van der Waals surface area contributed by atoms with Crippen LogP contribution >= 0.6 is 0 Å². The molecule has 2 N–H and O–H groups in total. The Bertz CT molecular complexity index is 1090. The summed E-state index contributed by atoms with van der Waals surface area (Å²) in [5, 5.41) is 0. The largest absolute Gasteiger partial charge is 0.399 e. The fourth-order valence-electron chi connectivity index (χ4n) is 2.54. The Labute approximate surface area is 133 Å². The maximum absolute atomic E-state index is 13.0. The minimum absolute atomic E-state index is 0.0811. The van der Waals surface area contributed by atoms with Gasteiger partial charge in [-0.3, -0.25) is 4.57 Å². The molecular formula is C16H17N3O3S. The molecule has 7 heteroatoms. The highest BCUT2D eigenvalue weighted by Crippen LogP contribution is 2.22. The highest BCUT2D eigenvalue weighted by Gasteiger charge is 2.24. The number of imidazole rings is 1. The summed E-state index contributed by atoms with van der Waals surface area (Å²) < 4.78 is 28.0. The van der Waals surface area contributed by atoms with E-state index in [9.17, 15) is 13.2 Å². The van der Waals surface area contributed by atoms with Crippen LogP contribution in [0.3, 0.4) is 0 Å². The van der Waals surface area contributed by atoms with Crippen LogP contribution in [0, 0.1) is 13.8 Å². The fourth-order valence-corrected chi connectivity index (χ4v) is 4.05. The number of nitrogen functional groups attached to an aromatic ring is 1. The van der Waals surface area contributed by atoms with Crippen LogP contribution in [0.25, 0.3) is 11.0 Å². The van der Waals surface area contributed by atoms with Crippen molar-refractivity contribution < 1.29 is 8.42 Å². The van der Waals surface area contributed by atoms with Crippen molar-refractivity contribution in [3.8, 4) is 0 Å². The molecule has 0 aliphatic carbocycles. The van der Waals surface area contributed by atoms with Crippen molar-refractivity contribution in [3.05, 3.63) is 58.0 Å². The van der Waals surface area contributed by atoms with Crippen molar-refractivity contribution in [1.82, 2.24) is 8.54 Å². The zero-order valence-corrected chi connectivity index (χ0v) is 13.9. The molecule has 0 amide bonds. The first-order valence-corrected chi connectivity index (χ1v) is 8.47. The van der Waals surface area contributed by atoms with E-state index in [2.05, 4.69) is 0 Å². The molecule has 0 atom stereocenters. The van der Waals surface area contributed by atoms with Crippen LogP contribution in [0.1, 0.15) is 11.1 Å². The number of rotatable bonds is 2. The molecule has 0 saturated heterocycles. The molecule has 0 aliphatic rings. The molecule has 0 aliphatic heterocycles. The van der Waals surface area contributed by atoms with E-state index in [-0.39, 0.29) is 10.4 Å². The van der Waals surface area contributed by atoms with Gasteiger partial charge in [-0.05, 0) is 55.3 Å². The lowest BCUT2D eigenvalue weighted by Crippen LogP contribution is -2.28. The van der Waals surface area contributed by atoms with Gasteiger partial charge in [0.05, 0.1) is 15.9 Å². The van der Waals surface area contributed by atoms with E-state index < -0.39 is 15.7 Å². The summed E-state index contributed by atoms with van der Waals surface area (Å²) in [6.07, 6.45) is 0. The van der Waals surface area contributed by atoms with Gasteiger partial charge in [-0.15, -0.1) is 0 Å². The van der Waals surface area contributed by atoms with Crippen LogP contribution in [-0.4, -0.2) is 17.0 Å². The summed E-state index contributed by atoms with van der Waals surface area (Å²) in [5.41, 5.74) is 8.15. The quantitative estimate of drug-likeness (QED) is 0.725. The molecule has 0 bridgehead atoms. The van der Waals surface area contributed by atoms with Gasteiger partial charge in [-0.2, -0.15) is 3.97 Å². The predicted octanol–water partition coefficient (Wildman–Crippen LogP) is 1.78. The molecule has 3 aromatic rings. The zero-order chi connectivity index (χ0) is 16.9. The van der Waals surface area contributed by atoms with E-state index in [1.165, 1.54) is 23.7 Å². The molecule has 3 rings (SSSR count). The molecule has 0 radical (unpaired) electrons. The van der Waals surface area contributed by atoms with Gasteiger partial charge < -0.3 is 5.73 Å². The average Bonchev–Trinajstić information content (AvgIpc) is 2.73. The van der Waals surface area contributed by atoms with Gasteiger partial charge in [0.2, 0.25) is 0 Å². The first-order chi connectivity index (χ1) is 10.7. The molecule has 23 heavy (non-hydrogen) atoms. The molecule has 0 saturated carbocycles. The number of aryl methyl sites for hydroxylation is 3. The number of fused-ring (bicyclic) bond motifs is 1. The summed E-state index contributed by atoms with van der Waals surface area (Å²) in [4.78, 5) is 12.6. The molecule has 1 heterocycles. The second-order valence-electron chi connectivity index (χ2n) is 5.61. The molecule has 2 aromatic carbocycles. The van der Waals surface area contributed by atoms with Gasteiger partial charge in [0, 0.05) is 12.7 Å². The van der Waals surface area contributed by atoms with Crippen molar-refractivity contribution in [2.45, 2.75) is 18.7 Å². The molecule has 0 fully saturated rings. The Balaban J connectivity index is 2.39. The number of hydrogen-bond acceptors (Lipinski definition) is 4. The fraction of sp³-hybridized carbons (Fsp3) is 0.188.